The highest BCUT2D eigenvalue weighted by molar-refractivity contribution is 7.99. The summed E-state index contributed by atoms with van der Waals surface area (Å²) < 4.78 is 23.0. The van der Waals surface area contributed by atoms with Gasteiger partial charge in [-0.1, -0.05) is 11.8 Å². The number of hydrogen-bond acceptors (Lipinski definition) is 9. The Kier molecular flexibility index (Phi) is 6.03. The Balaban J connectivity index is 1.42. The minimum atomic E-state index is -0.215. The second-order valence-electron chi connectivity index (χ2n) is 6.44. The Morgan fingerprint density at radius 2 is 1.94 bits per heavy atom. The summed E-state index contributed by atoms with van der Waals surface area (Å²) in [5.74, 6) is 8.93. The maximum absolute atomic E-state index is 12.4. The number of thioether (sulfide) groups is 1. The molecule has 0 bridgehead atoms. The lowest BCUT2D eigenvalue weighted by Crippen LogP contribution is -2.18. The lowest BCUT2D eigenvalue weighted by Gasteiger charge is -2.18. The lowest BCUT2D eigenvalue weighted by molar-refractivity contribution is -0.113. The van der Waals surface area contributed by atoms with Gasteiger partial charge in [0.2, 0.25) is 11.1 Å². The fourth-order valence-corrected chi connectivity index (χ4v) is 3.65. The van der Waals surface area contributed by atoms with Crippen molar-refractivity contribution in [2.45, 2.75) is 5.16 Å². The van der Waals surface area contributed by atoms with E-state index in [9.17, 15) is 4.79 Å². The number of hydrogen-bond donors (Lipinski definition) is 2. The zero-order valence-electron chi connectivity index (χ0n) is 17.0. The summed E-state index contributed by atoms with van der Waals surface area (Å²) in [7, 11) is 3.12. The maximum Gasteiger partial charge on any atom is 0.234 e. The first kappa shape index (κ1) is 20.7. The molecular weight excluding hydrogens is 422 g/mol. The Labute approximate surface area is 182 Å². The third kappa shape index (κ3) is 4.45. The topological polar surface area (TPSA) is 123 Å². The summed E-state index contributed by atoms with van der Waals surface area (Å²) in [5.41, 5.74) is 1.28. The minimum Gasteiger partial charge on any atom is -0.497 e. The molecular formula is C20H21N5O5S. The highest BCUT2D eigenvalue weighted by Gasteiger charge is 2.18. The monoisotopic (exact) mass is 443 g/mol. The van der Waals surface area contributed by atoms with Crippen LogP contribution >= 0.6 is 11.8 Å². The molecule has 1 aliphatic heterocycles. The Morgan fingerprint density at radius 3 is 2.71 bits per heavy atom. The van der Waals surface area contributed by atoms with Crippen molar-refractivity contribution in [3.8, 4) is 34.4 Å². The van der Waals surface area contributed by atoms with Crippen LogP contribution in [0.2, 0.25) is 0 Å². The lowest BCUT2D eigenvalue weighted by atomic mass is 10.2. The molecule has 3 aromatic rings. The van der Waals surface area contributed by atoms with E-state index >= 15 is 0 Å². The quantitative estimate of drug-likeness (QED) is 0.418. The molecule has 0 unspecified atom stereocenters. The van der Waals surface area contributed by atoms with Crippen LogP contribution in [-0.2, 0) is 4.79 Å². The van der Waals surface area contributed by atoms with Crippen LogP contribution in [0.15, 0.2) is 41.6 Å². The van der Waals surface area contributed by atoms with Crippen LogP contribution in [0, 0.1) is 0 Å². The number of nitrogen functional groups attached to an aromatic ring is 1. The zero-order valence-corrected chi connectivity index (χ0v) is 17.8. The van der Waals surface area contributed by atoms with E-state index < -0.39 is 0 Å². The first-order valence-corrected chi connectivity index (χ1v) is 10.3. The number of amides is 1. The molecule has 162 valence electrons. The fourth-order valence-electron chi connectivity index (χ4n) is 2.99. The van der Waals surface area contributed by atoms with Crippen molar-refractivity contribution in [1.29, 1.82) is 0 Å². The molecule has 3 N–H and O–H groups in total. The number of aromatic nitrogens is 3. The number of ether oxygens (including phenoxy) is 4. The van der Waals surface area contributed by atoms with Gasteiger partial charge >= 0.3 is 0 Å². The van der Waals surface area contributed by atoms with Gasteiger partial charge in [-0.05, 0) is 24.3 Å². The summed E-state index contributed by atoms with van der Waals surface area (Å²) in [5, 5.41) is 11.5. The average Bonchev–Trinajstić information content (AvgIpc) is 3.17. The number of nitrogens with two attached hydrogens (primary N) is 1. The standard InChI is InChI=1S/C20H21N5O5S/c1-27-13-4-5-14(16(10-13)28-2)19-23-24-20(25(19)21)31-11-18(26)22-12-3-6-15-17(9-12)30-8-7-29-15/h3-6,9-10H,7-8,11,21H2,1-2H3,(H,22,26). The van der Waals surface area contributed by atoms with Gasteiger partial charge < -0.3 is 30.1 Å². The van der Waals surface area contributed by atoms with Crippen LogP contribution in [0.4, 0.5) is 5.69 Å². The van der Waals surface area contributed by atoms with E-state index in [1.807, 2.05) is 0 Å². The Hall–Kier alpha value is -3.60. The predicted molar refractivity (Wildman–Crippen MR) is 115 cm³/mol. The van der Waals surface area contributed by atoms with E-state index in [-0.39, 0.29) is 11.7 Å². The van der Waals surface area contributed by atoms with Gasteiger partial charge in [0, 0.05) is 17.8 Å². The third-order valence-electron chi connectivity index (χ3n) is 4.47. The minimum absolute atomic E-state index is 0.101. The summed E-state index contributed by atoms with van der Waals surface area (Å²) in [4.78, 5) is 12.4. The molecule has 0 saturated carbocycles. The molecule has 11 heteroatoms. The first-order chi connectivity index (χ1) is 15.1. The normalized spacial score (nSPS) is 12.3. The molecule has 4 rings (SSSR count). The van der Waals surface area contributed by atoms with E-state index in [1.54, 1.807) is 50.6 Å². The van der Waals surface area contributed by atoms with Crippen LogP contribution in [0.25, 0.3) is 11.4 Å². The molecule has 1 aromatic heterocycles. The predicted octanol–water partition coefficient (Wildman–Crippen LogP) is 2.18. The van der Waals surface area contributed by atoms with Crippen LogP contribution in [0.1, 0.15) is 0 Å². The van der Waals surface area contributed by atoms with Gasteiger partial charge in [-0.15, -0.1) is 10.2 Å². The van der Waals surface area contributed by atoms with Crippen molar-refractivity contribution in [1.82, 2.24) is 14.9 Å². The van der Waals surface area contributed by atoms with Crippen LogP contribution < -0.4 is 30.1 Å². The molecule has 0 saturated heterocycles. The van der Waals surface area contributed by atoms with E-state index in [1.165, 1.54) is 16.4 Å². The Morgan fingerprint density at radius 1 is 1.13 bits per heavy atom. The number of anilines is 1. The second kappa shape index (κ2) is 9.04. The number of carbonyl (C=O) groups is 1. The van der Waals surface area contributed by atoms with E-state index in [4.69, 9.17) is 24.8 Å². The van der Waals surface area contributed by atoms with Gasteiger partial charge in [0.05, 0.1) is 25.5 Å². The van der Waals surface area contributed by atoms with Crippen molar-refractivity contribution >= 4 is 23.4 Å². The van der Waals surface area contributed by atoms with Crippen LogP contribution in [0.5, 0.6) is 23.0 Å². The average molecular weight is 443 g/mol. The zero-order chi connectivity index (χ0) is 21.8. The van der Waals surface area contributed by atoms with Crippen LogP contribution in [0.3, 0.4) is 0 Å². The highest BCUT2D eigenvalue weighted by atomic mass is 32.2. The number of nitrogens with zero attached hydrogens (tertiary/aromatic N) is 3. The molecule has 2 aromatic carbocycles. The molecule has 2 heterocycles. The number of nitrogens with one attached hydrogen (secondary N) is 1. The summed E-state index contributed by atoms with van der Waals surface area (Å²) in [6.45, 7) is 0.993. The van der Waals surface area contributed by atoms with Crippen molar-refractivity contribution in [3.63, 3.8) is 0 Å². The molecule has 10 nitrogen and oxygen atoms in total. The van der Waals surface area contributed by atoms with Crippen molar-refractivity contribution in [3.05, 3.63) is 36.4 Å². The van der Waals surface area contributed by atoms with E-state index in [0.29, 0.717) is 58.4 Å². The summed E-state index contributed by atoms with van der Waals surface area (Å²) in [6, 6.07) is 10.6. The summed E-state index contributed by atoms with van der Waals surface area (Å²) in [6.07, 6.45) is 0. The molecule has 1 amide bonds. The smallest absolute Gasteiger partial charge is 0.234 e. The third-order valence-corrected chi connectivity index (χ3v) is 5.42. The molecule has 0 radical (unpaired) electrons. The molecule has 31 heavy (non-hydrogen) atoms. The highest BCUT2D eigenvalue weighted by Crippen LogP contribution is 2.34. The first-order valence-electron chi connectivity index (χ1n) is 9.34. The molecule has 0 atom stereocenters. The van der Waals surface area contributed by atoms with Gasteiger partial charge in [0.15, 0.2) is 17.3 Å². The van der Waals surface area contributed by atoms with Crippen molar-refractivity contribution in [2.75, 3.05) is 44.3 Å². The molecule has 0 fully saturated rings. The van der Waals surface area contributed by atoms with Gasteiger partial charge in [-0.3, -0.25) is 4.79 Å². The van der Waals surface area contributed by atoms with Crippen LogP contribution in [-0.4, -0.2) is 54.0 Å². The number of benzene rings is 2. The molecule has 0 spiro atoms. The van der Waals surface area contributed by atoms with Gasteiger partial charge in [-0.25, -0.2) is 4.68 Å². The number of methoxy groups -OCH3 is 2. The SMILES string of the molecule is COc1ccc(-c2nnc(SCC(=O)Nc3ccc4c(c3)OCCO4)n2N)c(OC)c1. The van der Waals surface area contributed by atoms with Gasteiger partial charge in [0.1, 0.15) is 24.7 Å². The number of rotatable bonds is 7. The molecule has 1 aliphatic rings. The largest absolute Gasteiger partial charge is 0.497 e. The van der Waals surface area contributed by atoms with E-state index in [0.717, 1.165) is 0 Å². The summed E-state index contributed by atoms with van der Waals surface area (Å²) >= 11 is 1.17. The van der Waals surface area contributed by atoms with Gasteiger partial charge in [-0.2, -0.15) is 0 Å². The maximum atomic E-state index is 12.4. The number of fused-ring (bicyclic) bond motifs is 1. The fraction of sp³-hybridized carbons (Fsp3) is 0.250. The number of carbonyl (C=O) groups excluding carboxylic acids is 1. The van der Waals surface area contributed by atoms with Gasteiger partial charge in [0.25, 0.3) is 0 Å². The Bertz CT molecular complexity index is 1100. The van der Waals surface area contributed by atoms with Crippen molar-refractivity contribution in [2.24, 2.45) is 0 Å². The second-order valence-corrected chi connectivity index (χ2v) is 7.38. The van der Waals surface area contributed by atoms with Crippen molar-refractivity contribution < 1.29 is 23.7 Å². The van der Waals surface area contributed by atoms with E-state index in [2.05, 4.69) is 15.5 Å². The molecule has 0 aliphatic carbocycles.